The standard InChI is InChI=1S/C12H24N4OS/c1-10(2)14-12(17)3-4-15-5-7-16(8-6-15)9-11(13)18/h10H,3-9H2,1-2H3,(H2,13,18)(H,14,17). The molecule has 0 saturated carbocycles. The first-order valence-corrected chi connectivity index (χ1v) is 6.90. The Hall–Kier alpha value is -0.720. The smallest absolute Gasteiger partial charge is 0.221 e. The predicted octanol–water partition coefficient (Wildman–Crippen LogP) is -0.195. The highest BCUT2D eigenvalue weighted by Crippen LogP contribution is 2.02. The van der Waals surface area contributed by atoms with Gasteiger partial charge in [0.1, 0.15) is 0 Å². The topological polar surface area (TPSA) is 61.6 Å². The number of carbonyl (C=O) groups is 1. The Labute approximate surface area is 115 Å². The number of rotatable bonds is 6. The maximum Gasteiger partial charge on any atom is 0.221 e. The fourth-order valence-electron chi connectivity index (χ4n) is 2.05. The molecule has 5 nitrogen and oxygen atoms in total. The average molecular weight is 272 g/mol. The van der Waals surface area contributed by atoms with Crippen LogP contribution in [-0.2, 0) is 4.79 Å². The number of hydrogen-bond acceptors (Lipinski definition) is 4. The first kappa shape index (κ1) is 15.3. The Balaban J connectivity index is 2.15. The molecule has 1 aliphatic heterocycles. The molecule has 1 aliphatic rings. The minimum Gasteiger partial charge on any atom is -0.392 e. The zero-order valence-corrected chi connectivity index (χ0v) is 12.1. The molecule has 1 amide bonds. The van der Waals surface area contributed by atoms with Crippen LogP contribution >= 0.6 is 12.2 Å². The summed E-state index contributed by atoms with van der Waals surface area (Å²) < 4.78 is 0. The van der Waals surface area contributed by atoms with Gasteiger partial charge in [0, 0.05) is 51.7 Å². The zero-order chi connectivity index (χ0) is 13.5. The molecule has 18 heavy (non-hydrogen) atoms. The van der Waals surface area contributed by atoms with Crippen molar-refractivity contribution < 1.29 is 4.79 Å². The molecule has 0 aromatic carbocycles. The van der Waals surface area contributed by atoms with Gasteiger partial charge in [-0.2, -0.15) is 0 Å². The highest BCUT2D eigenvalue weighted by Gasteiger charge is 2.17. The minimum atomic E-state index is 0.135. The first-order valence-electron chi connectivity index (χ1n) is 6.49. The number of hydrogen-bond donors (Lipinski definition) is 2. The van der Waals surface area contributed by atoms with Crippen LogP contribution in [0.3, 0.4) is 0 Å². The molecule has 0 bridgehead atoms. The maximum atomic E-state index is 11.5. The number of nitrogens with two attached hydrogens (primary N) is 1. The van der Waals surface area contributed by atoms with Crippen LogP contribution in [0.2, 0.25) is 0 Å². The van der Waals surface area contributed by atoms with Crippen molar-refractivity contribution in [3.05, 3.63) is 0 Å². The second kappa shape index (κ2) is 7.66. The molecule has 3 N–H and O–H groups in total. The van der Waals surface area contributed by atoms with E-state index in [9.17, 15) is 4.79 Å². The molecule has 0 spiro atoms. The van der Waals surface area contributed by atoms with Gasteiger partial charge in [0.05, 0.1) is 4.99 Å². The summed E-state index contributed by atoms with van der Waals surface area (Å²) >= 11 is 4.90. The van der Waals surface area contributed by atoms with Crippen molar-refractivity contribution in [2.75, 3.05) is 39.3 Å². The summed E-state index contributed by atoms with van der Waals surface area (Å²) in [5.41, 5.74) is 5.53. The Bertz CT molecular complexity index is 288. The van der Waals surface area contributed by atoms with Crippen LogP contribution in [-0.4, -0.2) is 66.0 Å². The third-order valence-electron chi connectivity index (χ3n) is 2.95. The average Bonchev–Trinajstić information content (AvgIpc) is 2.26. The molecule has 1 fully saturated rings. The lowest BCUT2D eigenvalue weighted by Gasteiger charge is -2.34. The number of amides is 1. The van der Waals surface area contributed by atoms with Crippen LogP contribution in [0.1, 0.15) is 20.3 Å². The van der Waals surface area contributed by atoms with Gasteiger partial charge in [-0.15, -0.1) is 0 Å². The van der Waals surface area contributed by atoms with Gasteiger partial charge in [0.15, 0.2) is 0 Å². The molecule has 1 rings (SSSR count). The lowest BCUT2D eigenvalue weighted by molar-refractivity contribution is -0.122. The van der Waals surface area contributed by atoms with Crippen LogP contribution in [0.5, 0.6) is 0 Å². The van der Waals surface area contributed by atoms with Gasteiger partial charge >= 0.3 is 0 Å². The van der Waals surface area contributed by atoms with Crippen molar-refractivity contribution in [1.29, 1.82) is 0 Å². The van der Waals surface area contributed by atoms with E-state index in [2.05, 4.69) is 15.1 Å². The number of carbonyl (C=O) groups excluding carboxylic acids is 1. The summed E-state index contributed by atoms with van der Waals surface area (Å²) in [6.07, 6.45) is 0.577. The monoisotopic (exact) mass is 272 g/mol. The molecule has 0 aromatic heterocycles. The number of thiocarbonyl (C=S) groups is 1. The molecule has 0 unspecified atom stereocenters. The van der Waals surface area contributed by atoms with Crippen molar-refractivity contribution in [2.24, 2.45) is 5.73 Å². The fourth-order valence-corrected chi connectivity index (χ4v) is 2.23. The molecule has 0 radical (unpaired) electrons. The van der Waals surface area contributed by atoms with Gasteiger partial charge in [0.2, 0.25) is 5.91 Å². The molecule has 1 saturated heterocycles. The Morgan fingerprint density at radius 3 is 2.33 bits per heavy atom. The van der Waals surface area contributed by atoms with E-state index in [1.807, 2.05) is 13.8 Å². The summed E-state index contributed by atoms with van der Waals surface area (Å²) in [6.45, 7) is 9.41. The quantitative estimate of drug-likeness (QED) is 0.656. The highest BCUT2D eigenvalue weighted by atomic mass is 32.1. The predicted molar refractivity (Wildman–Crippen MR) is 77.6 cm³/mol. The zero-order valence-electron chi connectivity index (χ0n) is 11.3. The lowest BCUT2D eigenvalue weighted by atomic mass is 10.2. The lowest BCUT2D eigenvalue weighted by Crippen LogP contribution is -2.49. The molecule has 0 aliphatic carbocycles. The maximum absolute atomic E-state index is 11.5. The Kier molecular flexibility index (Phi) is 6.52. The summed E-state index contributed by atoms with van der Waals surface area (Å²) in [5.74, 6) is 0.135. The van der Waals surface area contributed by atoms with E-state index in [1.165, 1.54) is 0 Å². The third kappa shape index (κ3) is 6.28. The van der Waals surface area contributed by atoms with E-state index in [0.29, 0.717) is 18.0 Å². The van der Waals surface area contributed by atoms with E-state index >= 15 is 0 Å². The van der Waals surface area contributed by atoms with Gasteiger partial charge < -0.3 is 16.0 Å². The largest absolute Gasteiger partial charge is 0.392 e. The van der Waals surface area contributed by atoms with Crippen LogP contribution in [0, 0.1) is 0 Å². The van der Waals surface area contributed by atoms with E-state index in [4.69, 9.17) is 18.0 Å². The van der Waals surface area contributed by atoms with Crippen molar-refractivity contribution in [3.63, 3.8) is 0 Å². The van der Waals surface area contributed by atoms with Gasteiger partial charge in [-0.05, 0) is 13.8 Å². The summed E-state index contributed by atoms with van der Waals surface area (Å²) in [5, 5.41) is 2.91. The van der Waals surface area contributed by atoms with Gasteiger partial charge in [-0.25, -0.2) is 0 Å². The molecule has 104 valence electrons. The van der Waals surface area contributed by atoms with Crippen molar-refractivity contribution in [2.45, 2.75) is 26.3 Å². The van der Waals surface area contributed by atoms with Crippen LogP contribution in [0.15, 0.2) is 0 Å². The SMILES string of the molecule is CC(C)NC(=O)CCN1CCN(CC(N)=S)CC1. The summed E-state index contributed by atoms with van der Waals surface area (Å²) in [7, 11) is 0. The minimum absolute atomic E-state index is 0.135. The molecule has 0 atom stereocenters. The summed E-state index contributed by atoms with van der Waals surface area (Å²) in [6, 6.07) is 0.222. The van der Waals surface area contributed by atoms with E-state index < -0.39 is 0 Å². The second-order valence-corrected chi connectivity index (χ2v) is 5.58. The first-order chi connectivity index (χ1) is 8.47. The number of piperazine rings is 1. The molecular weight excluding hydrogens is 248 g/mol. The number of nitrogens with zero attached hydrogens (tertiary/aromatic N) is 2. The summed E-state index contributed by atoms with van der Waals surface area (Å²) in [4.78, 5) is 16.7. The van der Waals surface area contributed by atoms with E-state index in [0.717, 1.165) is 32.7 Å². The molecule has 1 heterocycles. The van der Waals surface area contributed by atoms with E-state index in [1.54, 1.807) is 0 Å². The third-order valence-corrected chi connectivity index (χ3v) is 3.08. The Morgan fingerprint density at radius 1 is 1.28 bits per heavy atom. The van der Waals surface area contributed by atoms with E-state index in [-0.39, 0.29) is 11.9 Å². The van der Waals surface area contributed by atoms with Crippen LogP contribution < -0.4 is 11.1 Å². The van der Waals surface area contributed by atoms with Crippen LogP contribution in [0.4, 0.5) is 0 Å². The highest BCUT2D eigenvalue weighted by molar-refractivity contribution is 7.80. The fraction of sp³-hybridized carbons (Fsp3) is 0.833. The molecular formula is C12H24N4OS. The molecule has 0 aromatic rings. The van der Waals surface area contributed by atoms with Crippen molar-refractivity contribution in [3.8, 4) is 0 Å². The van der Waals surface area contributed by atoms with Crippen molar-refractivity contribution in [1.82, 2.24) is 15.1 Å². The van der Waals surface area contributed by atoms with Gasteiger partial charge in [0.25, 0.3) is 0 Å². The number of nitrogens with one attached hydrogen (secondary N) is 1. The molecule has 6 heteroatoms. The van der Waals surface area contributed by atoms with Crippen LogP contribution in [0.25, 0.3) is 0 Å². The normalized spacial score (nSPS) is 17.9. The second-order valence-electron chi connectivity index (χ2n) is 5.06. The Morgan fingerprint density at radius 2 is 1.83 bits per heavy atom. The van der Waals surface area contributed by atoms with Gasteiger partial charge in [-0.3, -0.25) is 9.69 Å². The van der Waals surface area contributed by atoms with Gasteiger partial charge in [-0.1, -0.05) is 12.2 Å². The van der Waals surface area contributed by atoms with Crippen molar-refractivity contribution >= 4 is 23.1 Å².